The average molecular weight is 367 g/mol. The van der Waals surface area contributed by atoms with Crippen LogP contribution in [-0.4, -0.2) is 10.4 Å². The van der Waals surface area contributed by atoms with Crippen molar-refractivity contribution in [1.82, 2.24) is 4.57 Å². The molecule has 0 fully saturated rings. The third-order valence-corrected chi connectivity index (χ3v) is 3.86. The maximum Gasteiger partial charge on any atom is 0.420 e. The number of fused-ring (bicyclic) bond motifs is 1. The summed E-state index contributed by atoms with van der Waals surface area (Å²) in [5, 5.41) is 0.480. The van der Waals surface area contributed by atoms with Gasteiger partial charge in [0.25, 0.3) is 0 Å². The Bertz CT molecular complexity index is 880. The van der Waals surface area contributed by atoms with E-state index in [0.29, 0.717) is 21.7 Å². The van der Waals surface area contributed by atoms with Crippen molar-refractivity contribution >= 4 is 44.4 Å². The summed E-state index contributed by atoms with van der Waals surface area (Å²) in [5.41, 5.74) is 1.45. The predicted octanol–water partition coefficient (Wildman–Crippen LogP) is 3.89. The van der Waals surface area contributed by atoms with Crippen LogP contribution in [0.15, 0.2) is 56.1 Å². The molecule has 21 heavy (non-hydrogen) atoms. The number of carbonyl (C=O) groups excluding carboxylic acids is 1. The smallest absolute Gasteiger partial charge is 0.408 e. The van der Waals surface area contributed by atoms with E-state index >= 15 is 0 Å². The van der Waals surface area contributed by atoms with E-state index < -0.39 is 5.76 Å². The molecule has 0 atom stereocenters. The van der Waals surface area contributed by atoms with Crippen LogP contribution in [0.1, 0.15) is 10.4 Å². The largest absolute Gasteiger partial charge is 0.420 e. The van der Waals surface area contributed by atoms with Crippen molar-refractivity contribution < 1.29 is 9.21 Å². The molecule has 0 aliphatic heterocycles. The highest BCUT2D eigenvalue weighted by molar-refractivity contribution is 9.10. The van der Waals surface area contributed by atoms with Gasteiger partial charge < -0.3 is 4.42 Å². The number of oxazole rings is 1. The molecule has 0 unspecified atom stereocenters. The molecule has 4 nitrogen and oxygen atoms in total. The topological polar surface area (TPSA) is 52.2 Å². The maximum absolute atomic E-state index is 12.3. The van der Waals surface area contributed by atoms with E-state index in [1.807, 2.05) is 0 Å². The molecule has 0 amide bonds. The van der Waals surface area contributed by atoms with Crippen LogP contribution in [0.25, 0.3) is 11.1 Å². The number of hydrogen-bond donors (Lipinski definition) is 0. The maximum atomic E-state index is 12.3. The number of halogens is 2. The van der Waals surface area contributed by atoms with Crippen molar-refractivity contribution in [3.63, 3.8) is 0 Å². The second-order valence-electron chi connectivity index (χ2n) is 4.50. The van der Waals surface area contributed by atoms with E-state index in [-0.39, 0.29) is 12.3 Å². The Balaban J connectivity index is 1.99. The molecule has 0 bridgehead atoms. The Hall–Kier alpha value is -1.85. The summed E-state index contributed by atoms with van der Waals surface area (Å²) in [6.07, 6.45) is 0. The fourth-order valence-corrected chi connectivity index (χ4v) is 2.49. The third-order valence-electron chi connectivity index (χ3n) is 3.10. The Morgan fingerprint density at radius 1 is 1.19 bits per heavy atom. The van der Waals surface area contributed by atoms with Crippen molar-refractivity contribution in [3.05, 3.63) is 68.1 Å². The van der Waals surface area contributed by atoms with Crippen LogP contribution in [0.5, 0.6) is 0 Å². The number of aromatic nitrogens is 1. The van der Waals surface area contributed by atoms with Crippen molar-refractivity contribution in [2.75, 3.05) is 0 Å². The van der Waals surface area contributed by atoms with Crippen LogP contribution in [0.3, 0.4) is 0 Å². The molecule has 1 aromatic heterocycles. The molecule has 0 saturated carbocycles. The van der Waals surface area contributed by atoms with Gasteiger partial charge in [0.1, 0.15) is 0 Å². The SMILES string of the molecule is O=C(Cn1c(=O)oc2ccc(Cl)cc21)c1ccc(Br)cc1. The minimum absolute atomic E-state index is 0.0895. The third kappa shape index (κ3) is 2.80. The first-order chi connectivity index (χ1) is 10.0. The monoisotopic (exact) mass is 365 g/mol. The normalized spacial score (nSPS) is 11.0. The van der Waals surface area contributed by atoms with Crippen LogP contribution in [0, 0.1) is 0 Å². The van der Waals surface area contributed by atoms with Crippen LogP contribution in [-0.2, 0) is 6.54 Å². The van der Waals surface area contributed by atoms with Gasteiger partial charge in [0.05, 0.1) is 12.1 Å². The van der Waals surface area contributed by atoms with E-state index in [1.165, 1.54) is 4.57 Å². The number of hydrogen-bond acceptors (Lipinski definition) is 3. The minimum Gasteiger partial charge on any atom is -0.408 e. The number of ketones is 1. The van der Waals surface area contributed by atoms with E-state index in [1.54, 1.807) is 42.5 Å². The second-order valence-corrected chi connectivity index (χ2v) is 5.85. The van der Waals surface area contributed by atoms with Crippen LogP contribution >= 0.6 is 27.5 Å². The van der Waals surface area contributed by atoms with Crippen molar-refractivity contribution in [1.29, 1.82) is 0 Å². The Morgan fingerprint density at radius 3 is 2.62 bits per heavy atom. The molecule has 0 spiro atoms. The van der Waals surface area contributed by atoms with Gasteiger partial charge in [-0.2, -0.15) is 0 Å². The average Bonchev–Trinajstić information content (AvgIpc) is 2.76. The van der Waals surface area contributed by atoms with Gasteiger partial charge in [-0.1, -0.05) is 39.7 Å². The first kappa shape index (κ1) is 14.1. The van der Waals surface area contributed by atoms with Gasteiger partial charge in [0.2, 0.25) is 0 Å². The Labute approximate surface area is 133 Å². The van der Waals surface area contributed by atoms with E-state index in [9.17, 15) is 9.59 Å². The highest BCUT2D eigenvalue weighted by atomic mass is 79.9. The zero-order valence-electron chi connectivity index (χ0n) is 10.7. The zero-order chi connectivity index (χ0) is 15.0. The molecule has 0 aliphatic rings. The molecule has 1 heterocycles. The van der Waals surface area contributed by atoms with Gasteiger partial charge in [0, 0.05) is 15.1 Å². The molecule has 2 aromatic carbocycles. The first-order valence-electron chi connectivity index (χ1n) is 6.12. The molecule has 106 valence electrons. The van der Waals surface area contributed by atoms with Gasteiger partial charge >= 0.3 is 5.76 Å². The molecule has 0 aliphatic carbocycles. The molecule has 3 rings (SSSR count). The van der Waals surface area contributed by atoms with Crippen LogP contribution in [0.2, 0.25) is 5.02 Å². The fraction of sp³-hybridized carbons (Fsp3) is 0.0667. The number of benzene rings is 2. The highest BCUT2D eigenvalue weighted by Crippen LogP contribution is 2.19. The zero-order valence-corrected chi connectivity index (χ0v) is 13.0. The summed E-state index contributed by atoms with van der Waals surface area (Å²) in [6, 6.07) is 11.8. The van der Waals surface area contributed by atoms with E-state index in [4.69, 9.17) is 16.0 Å². The molecule has 3 aromatic rings. The highest BCUT2D eigenvalue weighted by Gasteiger charge is 2.14. The standard InChI is InChI=1S/C15H9BrClNO3/c16-10-3-1-9(2-4-10)13(19)8-18-12-7-11(17)5-6-14(12)21-15(18)20/h1-7H,8H2. The summed E-state index contributed by atoms with van der Waals surface area (Å²) in [5.74, 6) is -0.745. The van der Waals surface area contributed by atoms with Crippen molar-refractivity contribution in [2.24, 2.45) is 0 Å². The van der Waals surface area contributed by atoms with Gasteiger partial charge in [-0.3, -0.25) is 9.36 Å². The number of rotatable bonds is 3. The number of Topliss-reactive ketones (excluding diaryl/α,β-unsaturated/α-hetero) is 1. The van der Waals surface area contributed by atoms with Crippen molar-refractivity contribution in [3.8, 4) is 0 Å². The number of carbonyl (C=O) groups is 1. The summed E-state index contributed by atoms with van der Waals surface area (Å²) in [6.45, 7) is -0.0895. The Morgan fingerprint density at radius 2 is 1.90 bits per heavy atom. The van der Waals surface area contributed by atoms with Gasteiger partial charge in [0.15, 0.2) is 11.4 Å². The Kier molecular flexibility index (Phi) is 3.69. The number of nitrogens with zero attached hydrogens (tertiary/aromatic N) is 1. The molecular weight excluding hydrogens is 358 g/mol. The molecule has 0 N–H and O–H groups in total. The lowest BCUT2D eigenvalue weighted by Crippen LogP contribution is -2.20. The van der Waals surface area contributed by atoms with Crippen LogP contribution < -0.4 is 5.76 Å². The molecular formula is C15H9BrClNO3. The first-order valence-corrected chi connectivity index (χ1v) is 7.29. The van der Waals surface area contributed by atoms with Crippen molar-refractivity contribution in [2.45, 2.75) is 6.54 Å². The molecule has 0 saturated heterocycles. The quantitative estimate of drug-likeness (QED) is 0.661. The fourth-order valence-electron chi connectivity index (χ4n) is 2.06. The van der Waals surface area contributed by atoms with Gasteiger partial charge in [-0.15, -0.1) is 0 Å². The lowest BCUT2D eigenvalue weighted by Gasteiger charge is -2.03. The molecule has 6 heteroatoms. The molecule has 0 radical (unpaired) electrons. The minimum atomic E-state index is -0.572. The summed E-state index contributed by atoms with van der Waals surface area (Å²) in [7, 11) is 0. The summed E-state index contributed by atoms with van der Waals surface area (Å²) in [4.78, 5) is 24.1. The lowest BCUT2D eigenvalue weighted by atomic mass is 10.1. The van der Waals surface area contributed by atoms with E-state index in [2.05, 4.69) is 15.9 Å². The summed E-state index contributed by atoms with van der Waals surface area (Å²) >= 11 is 9.23. The van der Waals surface area contributed by atoms with E-state index in [0.717, 1.165) is 4.47 Å². The van der Waals surface area contributed by atoms with Crippen LogP contribution in [0.4, 0.5) is 0 Å². The predicted molar refractivity (Wildman–Crippen MR) is 84.0 cm³/mol. The summed E-state index contributed by atoms with van der Waals surface area (Å²) < 4.78 is 7.27. The second kappa shape index (κ2) is 5.50. The van der Waals surface area contributed by atoms with Gasteiger partial charge in [-0.05, 0) is 30.3 Å². The lowest BCUT2D eigenvalue weighted by molar-refractivity contribution is 0.0970. The van der Waals surface area contributed by atoms with Gasteiger partial charge in [-0.25, -0.2) is 4.79 Å².